The number of hydrogen-bond acceptors (Lipinski definition) is 3. The van der Waals surface area contributed by atoms with E-state index in [2.05, 4.69) is 10.1 Å². The Labute approximate surface area is 128 Å². The highest BCUT2D eigenvalue weighted by atomic mass is 19.1. The van der Waals surface area contributed by atoms with Crippen molar-refractivity contribution in [3.63, 3.8) is 0 Å². The SMILES string of the molecule is COCCn1cc(-c2ccncc2)c(-c2ccc(F)cc2)n1. The summed E-state index contributed by atoms with van der Waals surface area (Å²) in [5, 5.41) is 4.62. The first-order valence-electron chi connectivity index (χ1n) is 7.00. The molecule has 1 aromatic carbocycles. The second-order valence-electron chi connectivity index (χ2n) is 4.89. The molecule has 0 aliphatic rings. The number of aromatic nitrogens is 3. The van der Waals surface area contributed by atoms with Gasteiger partial charge in [-0.25, -0.2) is 4.39 Å². The van der Waals surface area contributed by atoms with Crippen molar-refractivity contribution in [2.45, 2.75) is 6.54 Å². The highest BCUT2D eigenvalue weighted by molar-refractivity contribution is 5.80. The van der Waals surface area contributed by atoms with Crippen molar-refractivity contribution in [3.05, 3.63) is 60.8 Å². The summed E-state index contributed by atoms with van der Waals surface area (Å²) in [6, 6.07) is 10.2. The van der Waals surface area contributed by atoms with Crippen molar-refractivity contribution >= 4 is 0 Å². The van der Waals surface area contributed by atoms with Gasteiger partial charge in [0.25, 0.3) is 0 Å². The van der Waals surface area contributed by atoms with Crippen molar-refractivity contribution in [3.8, 4) is 22.4 Å². The molecule has 0 N–H and O–H groups in total. The molecule has 112 valence electrons. The Balaban J connectivity index is 2.06. The van der Waals surface area contributed by atoms with Crippen molar-refractivity contribution in [1.29, 1.82) is 0 Å². The van der Waals surface area contributed by atoms with Crippen LogP contribution < -0.4 is 0 Å². The van der Waals surface area contributed by atoms with E-state index in [9.17, 15) is 4.39 Å². The first-order chi connectivity index (χ1) is 10.8. The number of hydrogen-bond donors (Lipinski definition) is 0. The molecular formula is C17H16FN3O. The third-order valence-corrected chi connectivity index (χ3v) is 3.40. The lowest BCUT2D eigenvalue weighted by Gasteiger charge is -2.02. The van der Waals surface area contributed by atoms with E-state index in [0.29, 0.717) is 13.2 Å². The quantitative estimate of drug-likeness (QED) is 0.724. The summed E-state index contributed by atoms with van der Waals surface area (Å²) in [5.74, 6) is -0.256. The van der Waals surface area contributed by atoms with Gasteiger partial charge in [0.1, 0.15) is 11.5 Å². The van der Waals surface area contributed by atoms with Gasteiger partial charge in [-0.3, -0.25) is 9.67 Å². The minimum atomic E-state index is -0.256. The molecule has 3 rings (SSSR count). The van der Waals surface area contributed by atoms with Crippen LogP contribution in [0.1, 0.15) is 0 Å². The Bertz CT molecular complexity index is 738. The summed E-state index contributed by atoms with van der Waals surface area (Å²) in [4.78, 5) is 4.04. The molecule has 0 atom stereocenters. The maximum absolute atomic E-state index is 13.1. The number of nitrogens with zero attached hydrogens (tertiary/aromatic N) is 3. The molecule has 0 fully saturated rings. The van der Waals surface area contributed by atoms with E-state index in [1.54, 1.807) is 31.6 Å². The number of ether oxygens (including phenoxy) is 1. The average molecular weight is 297 g/mol. The fraction of sp³-hybridized carbons (Fsp3) is 0.176. The predicted octanol–water partition coefficient (Wildman–Crippen LogP) is 3.40. The Morgan fingerprint density at radius 2 is 1.77 bits per heavy atom. The first kappa shape index (κ1) is 14.4. The highest BCUT2D eigenvalue weighted by Gasteiger charge is 2.13. The molecule has 5 heteroatoms. The molecule has 0 saturated heterocycles. The summed E-state index contributed by atoms with van der Waals surface area (Å²) in [6.45, 7) is 1.25. The lowest BCUT2D eigenvalue weighted by molar-refractivity contribution is 0.183. The zero-order chi connectivity index (χ0) is 15.4. The molecule has 0 saturated carbocycles. The fourth-order valence-electron chi connectivity index (χ4n) is 2.28. The Morgan fingerprint density at radius 3 is 2.45 bits per heavy atom. The zero-order valence-corrected chi connectivity index (χ0v) is 12.2. The number of benzene rings is 1. The smallest absolute Gasteiger partial charge is 0.123 e. The largest absolute Gasteiger partial charge is 0.383 e. The molecule has 2 aromatic heterocycles. The van der Waals surface area contributed by atoms with Gasteiger partial charge in [0.15, 0.2) is 0 Å². The van der Waals surface area contributed by atoms with Crippen molar-refractivity contribution < 1.29 is 9.13 Å². The molecule has 0 radical (unpaired) electrons. The van der Waals surface area contributed by atoms with Gasteiger partial charge in [0.05, 0.1) is 13.2 Å². The number of halogens is 1. The molecule has 0 amide bonds. The molecule has 0 spiro atoms. The van der Waals surface area contributed by atoms with Gasteiger partial charge in [0, 0.05) is 36.8 Å². The maximum Gasteiger partial charge on any atom is 0.123 e. The topological polar surface area (TPSA) is 39.9 Å². The molecule has 0 aliphatic carbocycles. The lowest BCUT2D eigenvalue weighted by Crippen LogP contribution is -2.04. The van der Waals surface area contributed by atoms with Gasteiger partial charge in [-0.2, -0.15) is 5.10 Å². The molecule has 4 nitrogen and oxygen atoms in total. The monoisotopic (exact) mass is 297 g/mol. The van der Waals surface area contributed by atoms with Crippen LogP contribution in [0.4, 0.5) is 4.39 Å². The lowest BCUT2D eigenvalue weighted by atomic mass is 10.0. The van der Waals surface area contributed by atoms with E-state index in [4.69, 9.17) is 4.74 Å². The van der Waals surface area contributed by atoms with Crippen LogP contribution in [0, 0.1) is 5.82 Å². The average Bonchev–Trinajstić information content (AvgIpc) is 2.98. The minimum Gasteiger partial charge on any atom is -0.383 e. The van der Waals surface area contributed by atoms with E-state index in [0.717, 1.165) is 22.4 Å². The number of methoxy groups -OCH3 is 1. The fourth-order valence-corrected chi connectivity index (χ4v) is 2.28. The Morgan fingerprint density at radius 1 is 1.05 bits per heavy atom. The van der Waals surface area contributed by atoms with Crippen LogP contribution in [0.2, 0.25) is 0 Å². The van der Waals surface area contributed by atoms with Gasteiger partial charge in [0.2, 0.25) is 0 Å². The summed E-state index contributed by atoms with van der Waals surface area (Å²) >= 11 is 0. The summed E-state index contributed by atoms with van der Waals surface area (Å²) in [7, 11) is 1.66. The molecule has 0 unspecified atom stereocenters. The van der Waals surface area contributed by atoms with E-state index >= 15 is 0 Å². The molecule has 0 bridgehead atoms. The molecule has 22 heavy (non-hydrogen) atoms. The first-order valence-corrected chi connectivity index (χ1v) is 7.00. The van der Waals surface area contributed by atoms with Gasteiger partial charge in [-0.05, 0) is 42.0 Å². The second kappa shape index (κ2) is 6.49. The third-order valence-electron chi connectivity index (χ3n) is 3.40. The highest BCUT2D eigenvalue weighted by Crippen LogP contribution is 2.30. The molecule has 2 heterocycles. The van der Waals surface area contributed by atoms with Gasteiger partial charge in [-0.1, -0.05) is 0 Å². The van der Waals surface area contributed by atoms with Gasteiger partial charge < -0.3 is 4.74 Å². The van der Waals surface area contributed by atoms with E-state index in [1.807, 2.05) is 23.0 Å². The van der Waals surface area contributed by atoms with Crippen LogP contribution in [-0.2, 0) is 11.3 Å². The van der Waals surface area contributed by atoms with E-state index in [-0.39, 0.29) is 5.82 Å². The number of pyridine rings is 1. The molecular weight excluding hydrogens is 281 g/mol. The van der Waals surface area contributed by atoms with Crippen LogP contribution >= 0.6 is 0 Å². The third kappa shape index (κ3) is 3.04. The van der Waals surface area contributed by atoms with Crippen LogP contribution in [0.25, 0.3) is 22.4 Å². The van der Waals surface area contributed by atoms with Crippen molar-refractivity contribution in [2.24, 2.45) is 0 Å². The molecule has 0 aliphatic heterocycles. The van der Waals surface area contributed by atoms with E-state index in [1.165, 1.54) is 12.1 Å². The van der Waals surface area contributed by atoms with Crippen molar-refractivity contribution in [2.75, 3.05) is 13.7 Å². The minimum absolute atomic E-state index is 0.256. The van der Waals surface area contributed by atoms with Crippen LogP contribution in [0.15, 0.2) is 55.0 Å². The molecule has 3 aromatic rings. The summed E-state index contributed by atoms with van der Waals surface area (Å²) in [6.07, 6.45) is 5.47. The predicted molar refractivity (Wildman–Crippen MR) is 82.7 cm³/mol. The van der Waals surface area contributed by atoms with Gasteiger partial charge in [-0.15, -0.1) is 0 Å². The second-order valence-corrected chi connectivity index (χ2v) is 4.89. The van der Waals surface area contributed by atoms with Crippen LogP contribution in [-0.4, -0.2) is 28.5 Å². The summed E-state index contributed by atoms with van der Waals surface area (Å²) < 4.78 is 20.1. The zero-order valence-electron chi connectivity index (χ0n) is 12.2. The normalized spacial score (nSPS) is 10.8. The van der Waals surface area contributed by atoms with Gasteiger partial charge >= 0.3 is 0 Å². The number of rotatable bonds is 5. The standard InChI is InChI=1S/C17H16FN3O/c1-22-11-10-21-12-16(13-6-8-19-9-7-13)17(20-21)14-2-4-15(18)5-3-14/h2-9,12H,10-11H2,1H3. The van der Waals surface area contributed by atoms with Crippen LogP contribution in [0.3, 0.4) is 0 Å². The maximum atomic E-state index is 13.1. The van der Waals surface area contributed by atoms with Crippen molar-refractivity contribution in [1.82, 2.24) is 14.8 Å². The summed E-state index contributed by atoms with van der Waals surface area (Å²) in [5.41, 5.74) is 3.72. The van der Waals surface area contributed by atoms with Crippen LogP contribution in [0.5, 0.6) is 0 Å². The Kier molecular flexibility index (Phi) is 4.25. The Hall–Kier alpha value is -2.53. The van der Waals surface area contributed by atoms with E-state index < -0.39 is 0 Å².